The molecule has 0 fully saturated rings. The lowest BCUT2D eigenvalue weighted by molar-refractivity contribution is 0.0970. The fourth-order valence-electron chi connectivity index (χ4n) is 1.84. The third kappa shape index (κ3) is 2.83. The predicted octanol–water partition coefficient (Wildman–Crippen LogP) is 2.86. The van der Waals surface area contributed by atoms with Crippen LogP contribution in [0.1, 0.15) is 29.5 Å². The average Bonchev–Trinajstić information content (AvgIpc) is 2.77. The number of hydrogen-bond acceptors (Lipinski definition) is 2. The summed E-state index contributed by atoms with van der Waals surface area (Å²) in [7, 11) is 0. The Kier molecular flexibility index (Phi) is 3.87. The van der Waals surface area contributed by atoms with Crippen LogP contribution in [-0.2, 0) is 13.0 Å². The molecule has 4 heteroatoms. The van der Waals surface area contributed by atoms with Crippen molar-refractivity contribution in [2.75, 3.05) is 0 Å². The molecule has 0 saturated heterocycles. The predicted molar refractivity (Wildman–Crippen MR) is 67.0 cm³/mol. The largest absolute Gasteiger partial charge is 0.327 e. The van der Waals surface area contributed by atoms with Gasteiger partial charge in [0.2, 0.25) is 0 Å². The fraction of sp³-hybridized carbons (Fsp3) is 0.286. The van der Waals surface area contributed by atoms with Crippen LogP contribution in [-0.4, -0.2) is 15.3 Å². The van der Waals surface area contributed by atoms with E-state index in [1.54, 1.807) is 24.5 Å². The molecule has 1 aromatic heterocycles. The van der Waals surface area contributed by atoms with Crippen LogP contribution in [0.2, 0.25) is 0 Å². The molecule has 0 radical (unpaired) electrons. The highest BCUT2D eigenvalue weighted by Crippen LogP contribution is 2.08. The number of rotatable bonds is 5. The van der Waals surface area contributed by atoms with Gasteiger partial charge >= 0.3 is 0 Å². The van der Waals surface area contributed by atoms with E-state index in [1.165, 1.54) is 12.1 Å². The number of halogens is 1. The van der Waals surface area contributed by atoms with Gasteiger partial charge in [0.05, 0.1) is 6.54 Å². The highest BCUT2D eigenvalue weighted by Gasteiger charge is 2.10. The Balaban J connectivity index is 2.14. The van der Waals surface area contributed by atoms with E-state index in [4.69, 9.17) is 0 Å². The molecule has 1 heterocycles. The van der Waals surface area contributed by atoms with Crippen LogP contribution in [0, 0.1) is 5.82 Å². The Hall–Kier alpha value is -1.97. The number of aryl methyl sites for hydroxylation is 1. The molecule has 0 aliphatic rings. The molecule has 0 N–H and O–H groups in total. The van der Waals surface area contributed by atoms with Crippen LogP contribution in [0.15, 0.2) is 36.7 Å². The summed E-state index contributed by atoms with van der Waals surface area (Å²) >= 11 is 0. The Bertz CT molecular complexity index is 548. The number of carbonyl (C=O) groups is 1. The Morgan fingerprint density at radius 1 is 1.44 bits per heavy atom. The van der Waals surface area contributed by atoms with Crippen LogP contribution < -0.4 is 0 Å². The number of hydrogen-bond donors (Lipinski definition) is 0. The first-order chi connectivity index (χ1) is 8.70. The van der Waals surface area contributed by atoms with E-state index in [-0.39, 0.29) is 18.1 Å². The lowest BCUT2D eigenvalue weighted by Gasteiger charge is -2.06. The van der Waals surface area contributed by atoms with Crippen LogP contribution in [0.25, 0.3) is 0 Å². The summed E-state index contributed by atoms with van der Waals surface area (Å²) in [4.78, 5) is 16.2. The molecule has 0 saturated carbocycles. The minimum absolute atomic E-state index is 0.107. The first-order valence-corrected chi connectivity index (χ1v) is 5.99. The van der Waals surface area contributed by atoms with Crippen molar-refractivity contribution in [3.05, 3.63) is 53.9 Å². The van der Waals surface area contributed by atoms with Gasteiger partial charge in [-0.2, -0.15) is 0 Å². The topological polar surface area (TPSA) is 34.9 Å². The van der Waals surface area contributed by atoms with Crippen molar-refractivity contribution < 1.29 is 9.18 Å². The van der Waals surface area contributed by atoms with Gasteiger partial charge in [-0.3, -0.25) is 4.79 Å². The number of carbonyl (C=O) groups excluding carboxylic acids is 1. The lowest BCUT2D eigenvalue weighted by Crippen LogP contribution is -2.12. The van der Waals surface area contributed by atoms with Gasteiger partial charge in [0.15, 0.2) is 5.78 Å². The van der Waals surface area contributed by atoms with Gasteiger partial charge in [0.25, 0.3) is 0 Å². The standard InChI is InChI=1S/C14H15FN2O/c1-2-4-14-16-7-8-17(14)10-13(18)11-5-3-6-12(15)9-11/h3,5-9H,2,4,10H2,1H3. The van der Waals surface area contributed by atoms with E-state index >= 15 is 0 Å². The molecule has 0 amide bonds. The maximum absolute atomic E-state index is 13.0. The normalized spacial score (nSPS) is 10.6. The minimum atomic E-state index is -0.389. The van der Waals surface area contributed by atoms with Crippen molar-refractivity contribution in [3.8, 4) is 0 Å². The van der Waals surface area contributed by atoms with Gasteiger partial charge in [0, 0.05) is 24.4 Å². The van der Waals surface area contributed by atoms with Gasteiger partial charge < -0.3 is 4.57 Å². The van der Waals surface area contributed by atoms with Crippen molar-refractivity contribution in [3.63, 3.8) is 0 Å². The van der Waals surface area contributed by atoms with Crippen LogP contribution in [0.5, 0.6) is 0 Å². The number of nitrogens with zero attached hydrogens (tertiary/aromatic N) is 2. The molecule has 0 aliphatic carbocycles. The number of ketones is 1. The van der Waals surface area contributed by atoms with Crippen molar-refractivity contribution >= 4 is 5.78 Å². The monoisotopic (exact) mass is 246 g/mol. The smallest absolute Gasteiger partial charge is 0.182 e. The van der Waals surface area contributed by atoms with Crippen LogP contribution >= 0.6 is 0 Å². The van der Waals surface area contributed by atoms with Gasteiger partial charge in [0.1, 0.15) is 11.6 Å². The third-order valence-corrected chi connectivity index (χ3v) is 2.74. The van der Waals surface area contributed by atoms with Gasteiger partial charge in [-0.1, -0.05) is 19.1 Å². The summed E-state index contributed by atoms with van der Waals surface area (Å²) in [5.41, 5.74) is 0.395. The number of Topliss-reactive ketones (excluding diaryl/α,β-unsaturated/α-hetero) is 1. The SMILES string of the molecule is CCCc1nccn1CC(=O)c1cccc(F)c1. The number of benzene rings is 1. The lowest BCUT2D eigenvalue weighted by atomic mass is 10.1. The van der Waals surface area contributed by atoms with E-state index in [2.05, 4.69) is 11.9 Å². The maximum atomic E-state index is 13.0. The van der Waals surface area contributed by atoms with E-state index < -0.39 is 0 Å². The zero-order chi connectivity index (χ0) is 13.0. The van der Waals surface area contributed by atoms with Crippen molar-refractivity contribution in [2.45, 2.75) is 26.3 Å². The molecule has 0 bridgehead atoms. The summed E-state index contributed by atoms with van der Waals surface area (Å²) < 4.78 is 14.9. The summed E-state index contributed by atoms with van der Waals surface area (Å²) in [6.45, 7) is 2.27. The second-order valence-corrected chi connectivity index (χ2v) is 4.15. The van der Waals surface area contributed by atoms with E-state index in [0.29, 0.717) is 5.56 Å². The second kappa shape index (κ2) is 5.58. The molecule has 0 spiro atoms. The molecule has 0 unspecified atom stereocenters. The Morgan fingerprint density at radius 2 is 2.28 bits per heavy atom. The zero-order valence-electron chi connectivity index (χ0n) is 10.3. The van der Waals surface area contributed by atoms with E-state index in [9.17, 15) is 9.18 Å². The maximum Gasteiger partial charge on any atom is 0.182 e. The molecule has 18 heavy (non-hydrogen) atoms. The quantitative estimate of drug-likeness (QED) is 0.760. The second-order valence-electron chi connectivity index (χ2n) is 4.15. The Morgan fingerprint density at radius 3 is 3.00 bits per heavy atom. The Labute approximate surface area is 105 Å². The molecule has 3 nitrogen and oxygen atoms in total. The number of imidazole rings is 1. The molecule has 2 aromatic rings. The highest BCUT2D eigenvalue weighted by molar-refractivity contribution is 5.95. The fourth-order valence-corrected chi connectivity index (χ4v) is 1.84. The van der Waals surface area contributed by atoms with Crippen LogP contribution in [0.4, 0.5) is 4.39 Å². The van der Waals surface area contributed by atoms with E-state index in [1.807, 2.05) is 4.57 Å². The highest BCUT2D eigenvalue weighted by atomic mass is 19.1. The summed E-state index contributed by atoms with van der Waals surface area (Å²) in [6.07, 6.45) is 5.28. The molecule has 1 aromatic carbocycles. The van der Waals surface area contributed by atoms with Crippen LogP contribution in [0.3, 0.4) is 0 Å². The minimum Gasteiger partial charge on any atom is -0.327 e. The first-order valence-electron chi connectivity index (χ1n) is 5.99. The summed E-state index contributed by atoms with van der Waals surface area (Å²) in [5, 5.41) is 0. The van der Waals surface area contributed by atoms with Crippen molar-refractivity contribution in [2.24, 2.45) is 0 Å². The first kappa shape index (κ1) is 12.5. The molecular formula is C14H15FN2O. The van der Waals surface area contributed by atoms with Gasteiger partial charge in [-0.25, -0.2) is 9.37 Å². The number of aromatic nitrogens is 2. The van der Waals surface area contributed by atoms with Gasteiger partial charge in [-0.05, 0) is 18.6 Å². The van der Waals surface area contributed by atoms with Gasteiger partial charge in [-0.15, -0.1) is 0 Å². The molecule has 94 valence electrons. The van der Waals surface area contributed by atoms with Crippen molar-refractivity contribution in [1.82, 2.24) is 9.55 Å². The summed E-state index contributed by atoms with van der Waals surface area (Å²) in [5.74, 6) is 0.396. The van der Waals surface area contributed by atoms with Crippen molar-refractivity contribution in [1.29, 1.82) is 0 Å². The molecule has 2 rings (SSSR count). The van der Waals surface area contributed by atoms with E-state index in [0.717, 1.165) is 18.7 Å². The molecule has 0 aliphatic heterocycles. The molecular weight excluding hydrogens is 231 g/mol. The summed E-state index contributed by atoms with van der Waals surface area (Å²) in [6, 6.07) is 5.76. The zero-order valence-corrected chi connectivity index (χ0v) is 10.3. The third-order valence-electron chi connectivity index (χ3n) is 2.74. The average molecular weight is 246 g/mol. The molecule has 0 atom stereocenters.